The van der Waals surface area contributed by atoms with Crippen molar-refractivity contribution < 1.29 is 14.5 Å². The van der Waals surface area contributed by atoms with Crippen molar-refractivity contribution in [3.63, 3.8) is 0 Å². The van der Waals surface area contributed by atoms with Crippen molar-refractivity contribution in [1.29, 1.82) is 0 Å². The van der Waals surface area contributed by atoms with Gasteiger partial charge in [0.1, 0.15) is 20.0 Å². The number of carbonyl (C=O) groups excluding carboxylic acids is 1. The molecule has 190 valence electrons. The molecular weight excluding hydrogens is 514 g/mol. The van der Waals surface area contributed by atoms with E-state index in [1.165, 1.54) is 41.3 Å². The minimum absolute atomic E-state index is 0.138. The molecule has 2 aliphatic heterocycles. The highest BCUT2D eigenvalue weighted by atomic mass is 32.2. The number of nitro groups is 1. The number of methoxy groups -OCH3 is 1. The van der Waals surface area contributed by atoms with Crippen LogP contribution in [0.4, 0.5) is 17.1 Å². The molecule has 0 bridgehead atoms. The molecule has 2 aromatic carbocycles. The van der Waals surface area contributed by atoms with Crippen molar-refractivity contribution in [2.45, 2.75) is 32.2 Å². The molecule has 0 fully saturated rings. The van der Waals surface area contributed by atoms with Crippen molar-refractivity contribution >= 4 is 62.4 Å². The Kier molecular flexibility index (Phi) is 6.38. The van der Waals surface area contributed by atoms with E-state index in [2.05, 4.69) is 10.0 Å². The van der Waals surface area contributed by atoms with Crippen LogP contribution in [0.2, 0.25) is 0 Å². The van der Waals surface area contributed by atoms with Crippen LogP contribution in [0.3, 0.4) is 0 Å². The van der Waals surface area contributed by atoms with Crippen LogP contribution in [-0.4, -0.2) is 34.8 Å². The first kappa shape index (κ1) is 24.8. The first-order valence-electron chi connectivity index (χ1n) is 11.5. The molecule has 3 heterocycles. The summed E-state index contributed by atoms with van der Waals surface area (Å²) in [6.07, 6.45) is 0. The second-order valence-corrected chi connectivity index (χ2v) is 10.3. The number of thioether (sulfide) groups is 1. The van der Waals surface area contributed by atoms with Gasteiger partial charge in [0.05, 0.1) is 34.7 Å². The number of rotatable bonds is 5. The summed E-state index contributed by atoms with van der Waals surface area (Å²) in [5, 5.41) is 17.6. The number of hydrogen-bond donors (Lipinski definition) is 0. The molecule has 0 saturated carbocycles. The number of nitrogens with zero attached hydrogens (tertiary/aromatic N) is 5. The van der Waals surface area contributed by atoms with Crippen LogP contribution in [0.15, 0.2) is 57.3 Å². The molecule has 1 aromatic heterocycles. The van der Waals surface area contributed by atoms with Gasteiger partial charge in [-0.15, -0.1) is 11.3 Å². The lowest BCUT2D eigenvalue weighted by atomic mass is 10.2. The fourth-order valence-corrected chi connectivity index (χ4v) is 6.99. The number of carbonyl (C=O) groups is 1. The van der Waals surface area contributed by atoms with Crippen molar-refractivity contribution in [2.75, 3.05) is 23.6 Å². The number of benzene rings is 2. The highest BCUT2D eigenvalue weighted by molar-refractivity contribution is 8.08. The predicted octanol–water partition coefficient (Wildman–Crippen LogP) is 3.12. The van der Waals surface area contributed by atoms with Crippen molar-refractivity contribution in [3.05, 3.63) is 72.1 Å². The molecule has 0 radical (unpaired) electrons. The lowest BCUT2D eigenvalue weighted by Gasteiger charge is -2.17. The number of non-ortho nitro benzene ring substituents is 1. The number of hydrazone groups is 1. The number of nitro benzene ring substituents is 1. The van der Waals surface area contributed by atoms with Gasteiger partial charge in [0.25, 0.3) is 17.2 Å². The smallest absolute Gasteiger partial charge is 0.283 e. The summed E-state index contributed by atoms with van der Waals surface area (Å²) in [6.45, 7) is 6.60. The molecule has 0 spiro atoms. The normalized spacial score (nSPS) is 17.8. The molecule has 0 aliphatic carbocycles. The Hall–Kier alpha value is -3.90. The molecule has 1 amide bonds. The van der Waals surface area contributed by atoms with E-state index in [4.69, 9.17) is 4.74 Å². The molecule has 0 N–H and O–H groups in total. The van der Waals surface area contributed by atoms with E-state index in [0.29, 0.717) is 33.6 Å². The lowest BCUT2D eigenvalue weighted by molar-refractivity contribution is -0.384. The maximum absolute atomic E-state index is 13.6. The van der Waals surface area contributed by atoms with E-state index in [-0.39, 0.29) is 16.9 Å². The van der Waals surface area contributed by atoms with Gasteiger partial charge in [-0.05, 0) is 39.0 Å². The largest absolute Gasteiger partial charge is 0.497 e. The molecule has 2 aliphatic rings. The van der Waals surface area contributed by atoms with Gasteiger partial charge in [0.2, 0.25) is 0 Å². The Morgan fingerprint density at radius 1 is 1.11 bits per heavy atom. The summed E-state index contributed by atoms with van der Waals surface area (Å²) >= 11 is 2.78. The molecule has 10 nitrogen and oxygen atoms in total. The van der Waals surface area contributed by atoms with E-state index in [9.17, 15) is 19.7 Å². The van der Waals surface area contributed by atoms with Crippen molar-refractivity contribution in [3.8, 4) is 5.75 Å². The van der Waals surface area contributed by atoms with Gasteiger partial charge in [-0.25, -0.2) is 0 Å². The van der Waals surface area contributed by atoms with Crippen LogP contribution in [0.1, 0.15) is 20.8 Å². The number of ether oxygens (including phenoxy) is 1. The van der Waals surface area contributed by atoms with Gasteiger partial charge < -0.3 is 9.64 Å². The second-order valence-electron chi connectivity index (χ2n) is 8.23. The molecule has 3 aromatic rings. The van der Waals surface area contributed by atoms with Crippen LogP contribution in [0.25, 0.3) is 10.6 Å². The van der Waals surface area contributed by atoms with Gasteiger partial charge in [-0.1, -0.05) is 17.8 Å². The van der Waals surface area contributed by atoms with Gasteiger partial charge in [-0.3, -0.25) is 24.3 Å². The molecule has 37 heavy (non-hydrogen) atoms. The van der Waals surface area contributed by atoms with E-state index in [1.807, 2.05) is 32.0 Å². The lowest BCUT2D eigenvalue weighted by Crippen LogP contribution is -2.35. The topological polar surface area (TPSA) is 110 Å². The Balaban J connectivity index is 1.69. The maximum atomic E-state index is 13.6. The minimum atomic E-state index is -0.519. The average molecular weight is 538 g/mol. The van der Waals surface area contributed by atoms with Crippen LogP contribution < -0.4 is 29.4 Å². The van der Waals surface area contributed by atoms with E-state index in [0.717, 1.165) is 26.4 Å². The highest BCUT2D eigenvalue weighted by Crippen LogP contribution is 2.47. The number of thiazole rings is 1. The van der Waals surface area contributed by atoms with E-state index >= 15 is 0 Å². The summed E-state index contributed by atoms with van der Waals surface area (Å²) in [6, 6.07) is 11.6. The molecule has 0 atom stereocenters. The fourth-order valence-electron chi connectivity index (χ4n) is 4.36. The summed E-state index contributed by atoms with van der Waals surface area (Å²) in [5.74, 6) is 0.300. The number of amides is 1. The molecule has 0 saturated heterocycles. The average Bonchev–Trinajstić information content (AvgIpc) is 3.52. The number of anilines is 2. The zero-order valence-electron chi connectivity index (χ0n) is 20.5. The number of aromatic nitrogens is 1. The molecule has 0 unspecified atom stereocenters. The summed E-state index contributed by atoms with van der Waals surface area (Å²) < 4.78 is 8.04. The highest BCUT2D eigenvalue weighted by Gasteiger charge is 2.33. The Morgan fingerprint density at radius 3 is 2.57 bits per heavy atom. The van der Waals surface area contributed by atoms with Crippen LogP contribution in [0.5, 0.6) is 5.75 Å². The standard InChI is InChI=1S/C25H23N5O5S2/c1-5-27-18-13-17(35-4)10-11-19(18)36-25(27)21-23(32)28(6-2)24(37-21)20-14(3)26-29(22(20)31)15-8-7-9-16(12-15)30(33)34/h7-13H,5-6H2,1-4H3/b24-20+,25-21-. The Bertz CT molecular complexity index is 1670. The zero-order chi connectivity index (χ0) is 26.4. The summed E-state index contributed by atoms with van der Waals surface area (Å²) in [5.41, 5.74) is 1.70. The van der Waals surface area contributed by atoms with Gasteiger partial charge in [0, 0.05) is 36.2 Å². The number of hydrogen-bond acceptors (Lipinski definition) is 9. The van der Waals surface area contributed by atoms with Crippen molar-refractivity contribution in [1.82, 2.24) is 4.57 Å². The number of fused-ring (bicyclic) bond motifs is 1. The van der Waals surface area contributed by atoms with Crippen molar-refractivity contribution in [2.24, 2.45) is 5.10 Å². The van der Waals surface area contributed by atoms with Crippen LogP contribution >= 0.6 is 23.1 Å². The second kappa shape index (κ2) is 9.52. The molecule has 12 heteroatoms. The third kappa shape index (κ3) is 4.02. The third-order valence-electron chi connectivity index (χ3n) is 6.14. The summed E-state index contributed by atoms with van der Waals surface area (Å²) in [7, 11) is 1.62. The van der Waals surface area contributed by atoms with Gasteiger partial charge >= 0.3 is 0 Å². The predicted molar refractivity (Wildman–Crippen MR) is 146 cm³/mol. The van der Waals surface area contributed by atoms with Gasteiger partial charge in [-0.2, -0.15) is 10.1 Å². The molecular formula is C25H23N5O5S2. The Morgan fingerprint density at radius 2 is 1.89 bits per heavy atom. The maximum Gasteiger partial charge on any atom is 0.283 e. The SMILES string of the molecule is CCN1/C(=c2/s/c(=C3/C(=O)N(c4cccc([N+](=O)[O-])c4)N=C3C)n(CC)c2=O)Sc2ccc(OC)cc21. The minimum Gasteiger partial charge on any atom is -0.497 e. The monoisotopic (exact) mass is 537 g/mol. The quantitative estimate of drug-likeness (QED) is 0.363. The van der Waals surface area contributed by atoms with E-state index in [1.54, 1.807) is 24.7 Å². The third-order valence-corrected chi connectivity index (χ3v) is 8.64. The summed E-state index contributed by atoms with van der Waals surface area (Å²) in [4.78, 5) is 41.0. The first-order chi connectivity index (χ1) is 17.8. The zero-order valence-corrected chi connectivity index (χ0v) is 22.2. The first-order valence-corrected chi connectivity index (χ1v) is 13.2. The van der Waals surface area contributed by atoms with Crippen LogP contribution in [0, 0.1) is 10.1 Å². The fraction of sp³-hybridized carbons (Fsp3) is 0.240. The van der Waals surface area contributed by atoms with E-state index < -0.39 is 10.8 Å². The molecule has 5 rings (SSSR count). The van der Waals surface area contributed by atoms with Crippen LogP contribution in [-0.2, 0) is 11.3 Å². The Labute approximate surface area is 219 Å². The van der Waals surface area contributed by atoms with Gasteiger partial charge in [0.15, 0.2) is 0 Å².